The topological polar surface area (TPSA) is 72.7 Å². The third-order valence-corrected chi connectivity index (χ3v) is 5.57. The lowest BCUT2D eigenvalue weighted by atomic mass is 10.2. The first kappa shape index (κ1) is 17.7. The molecule has 138 valence electrons. The van der Waals surface area contributed by atoms with Crippen molar-refractivity contribution in [3.63, 3.8) is 0 Å². The highest BCUT2D eigenvalue weighted by Gasteiger charge is 2.29. The zero-order valence-electron chi connectivity index (χ0n) is 15.1. The minimum atomic E-state index is 0.0347. The summed E-state index contributed by atoms with van der Waals surface area (Å²) in [6.07, 6.45) is 5.90. The van der Waals surface area contributed by atoms with Gasteiger partial charge in [-0.15, -0.1) is 10.2 Å². The summed E-state index contributed by atoms with van der Waals surface area (Å²) in [7, 11) is 0. The van der Waals surface area contributed by atoms with Crippen molar-refractivity contribution in [2.45, 2.75) is 31.0 Å². The van der Waals surface area contributed by atoms with E-state index in [-0.39, 0.29) is 11.9 Å². The van der Waals surface area contributed by atoms with Crippen LogP contribution in [-0.4, -0.2) is 37.5 Å². The molecule has 0 saturated heterocycles. The number of carbonyl (C=O) groups excluding carboxylic acids is 1. The van der Waals surface area contributed by atoms with Gasteiger partial charge >= 0.3 is 0 Å². The third-order valence-electron chi connectivity index (χ3n) is 4.64. The SMILES string of the molecule is C[C@@H](NC(=O)CSc1nnc(-c2ccncc2)n1-c1ccccc1)C1CC1. The second-order valence-electron chi connectivity index (χ2n) is 6.70. The van der Waals surface area contributed by atoms with Gasteiger partial charge < -0.3 is 5.32 Å². The second-order valence-corrected chi connectivity index (χ2v) is 7.64. The summed E-state index contributed by atoms with van der Waals surface area (Å²) in [6.45, 7) is 2.08. The van der Waals surface area contributed by atoms with E-state index < -0.39 is 0 Å². The Morgan fingerprint density at radius 3 is 2.63 bits per heavy atom. The van der Waals surface area contributed by atoms with Gasteiger partial charge in [0.1, 0.15) is 0 Å². The highest BCUT2D eigenvalue weighted by atomic mass is 32.2. The monoisotopic (exact) mass is 379 g/mol. The molecule has 0 unspecified atom stereocenters. The molecule has 2 heterocycles. The third kappa shape index (κ3) is 4.19. The van der Waals surface area contributed by atoms with Crippen molar-refractivity contribution in [1.29, 1.82) is 0 Å². The van der Waals surface area contributed by atoms with Gasteiger partial charge in [0, 0.05) is 29.7 Å². The van der Waals surface area contributed by atoms with Gasteiger partial charge in [-0.1, -0.05) is 30.0 Å². The summed E-state index contributed by atoms with van der Waals surface area (Å²) < 4.78 is 1.98. The Morgan fingerprint density at radius 1 is 1.19 bits per heavy atom. The van der Waals surface area contributed by atoms with E-state index in [1.54, 1.807) is 12.4 Å². The summed E-state index contributed by atoms with van der Waals surface area (Å²) in [5.41, 5.74) is 1.89. The highest BCUT2D eigenvalue weighted by molar-refractivity contribution is 7.99. The lowest BCUT2D eigenvalue weighted by Gasteiger charge is -2.13. The van der Waals surface area contributed by atoms with Crippen molar-refractivity contribution >= 4 is 17.7 Å². The summed E-state index contributed by atoms with van der Waals surface area (Å²) >= 11 is 1.40. The van der Waals surface area contributed by atoms with Crippen molar-refractivity contribution in [2.24, 2.45) is 5.92 Å². The van der Waals surface area contributed by atoms with Crippen LogP contribution in [0.15, 0.2) is 60.0 Å². The molecule has 27 heavy (non-hydrogen) atoms. The smallest absolute Gasteiger partial charge is 0.230 e. The second kappa shape index (κ2) is 7.92. The Bertz CT molecular complexity index is 909. The molecular weight excluding hydrogens is 358 g/mol. The van der Waals surface area contributed by atoms with E-state index in [1.807, 2.05) is 47.0 Å². The molecule has 4 rings (SSSR count). The molecule has 0 bridgehead atoms. The molecule has 0 aliphatic heterocycles. The molecule has 3 aromatic rings. The molecule has 1 aromatic carbocycles. The van der Waals surface area contributed by atoms with Crippen LogP contribution in [0.25, 0.3) is 17.1 Å². The Hall–Kier alpha value is -2.67. The molecule has 1 N–H and O–H groups in total. The molecule has 1 aliphatic rings. The predicted octanol–water partition coefficient (Wildman–Crippen LogP) is 3.34. The normalized spacial score (nSPS) is 14.7. The fourth-order valence-electron chi connectivity index (χ4n) is 3.00. The summed E-state index contributed by atoms with van der Waals surface area (Å²) in [4.78, 5) is 16.4. The number of benzene rings is 1. The minimum absolute atomic E-state index is 0.0347. The maximum Gasteiger partial charge on any atom is 0.230 e. The lowest BCUT2D eigenvalue weighted by Crippen LogP contribution is -2.35. The van der Waals surface area contributed by atoms with Crippen LogP contribution in [0, 0.1) is 5.92 Å². The first-order chi connectivity index (χ1) is 13.2. The summed E-state index contributed by atoms with van der Waals surface area (Å²) in [6, 6.07) is 14.0. The molecular formula is C20H21N5OS. The van der Waals surface area contributed by atoms with Gasteiger partial charge in [-0.25, -0.2) is 0 Å². The van der Waals surface area contributed by atoms with E-state index in [4.69, 9.17) is 0 Å². The van der Waals surface area contributed by atoms with E-state index in [1.165, 1.54) is 24.6 Å². The van der Waals surface area contributed by atoms with Gasteiger partial charge in [0.15, 0.2) is 11.0 Å². The fraction of sp³-hybridized carbons (Fsp3) is 0.300. The number of para-hydroxylation sites is 1. The lowest BCUT2D eigenvalue weighted by molar-refractivity contribution is -0.119. The molecule has 1 saturated carbocycles. The van der Waals surface area contributed by atoms with Gasteiger partial charge in [-0.2, -0.15) is 0 Å². The number of amides is 1. The number of rotatable bonds is 7. The maximum absolute atomic E-state index is 12.3. The van der Waals surface area contributed by atoms with Crippen LogP contribution < -0.4 is 5.32 Å². The zero-order valence-corrected chi connectivity index (χ0v) is 15.9. The molecule has 0 spiro atoms. The van der Waals surface area contributed by atoms with Gasteiger partial charge in [0.25, 0.3) is 0 Å². The predicted molar refractivity (Wildman–Crippen MR) is 106 cm³/mol. The van der Waals surface area contributed by atoms with Gasteiger partial charge in [-0.05, 0) is 49.9 Å². The number of carbonyl (C=O) groups is 1. The van der Waals surface area contributed by atoms with Crippen LogP contribution in [0.4, 0.5) is 0 Å². The van der Waals surface area contributed by atoms with E-state index in [0.29, 0.717) is 16.8 Å². The number of nitrogens with zero attached hydrogens (tertiary/aromatic N) is 4. The Morgan fingerprint density at radius 2 is 1.93 bits per heavy atom. The number of thioether (sulfide) groups is 1. The molecule has 1 amide bonds. The molecule has 1 fully saturated rings. The quantitative estimate of drug-likeness (QED) is 0.638. The van der Waals surface area contributed by atoms with Crippen molar-refractivity contribution in [1.82, 2.24) is 25.1 Å². The Labute approximate surface area is 162 Å². The number of aromatic nitrogens is 4. The number of hydrogen-bond acceptors (Lipinski definition) is 5. The zero-order chi connectivity index (χ0) is 18.6. The molecule has 6 nitrogen and oxygen atoms in total. The average Bonchev–Trinajstić information content (AvgIpc) is 3.47. The van der Waals surface area contributed by atoms with Gasteiger partial charge in [0.05, 0.1) is 5.75 Å². The standard InChI is InChI=1S/C20H21N5OS/c1-14(15-7-8-15)22-18(26)13-27-20-24-23-19(16-9-11-21-12-10-16)25(20)17-5-3-2-4-6-17/h2-6,9-12,14-15H,7-8,13H2,1H3,(H,22,26)/t14-/m1/s1. The summed E-state index contributed by atoms with van der Waals surface area (Å²) in [5, 5.41) is 12.5. The minimum Gasteiger partial charge on any atom is -0.353 e. The van der Waals surface area contributed by atoms with E-state index in [2.05, 4.69) is 27.4 Å². The van der Waals surface area contributed by atoms with Crippen molar-refractivity contribution in [3.05, 3.63) is 54.9 Å². The van der Waals surface area contributed by atoms with Crippen molar-refractivity contribution in [3.8, 4) is 17.1 Å². The van der Waals surface area contributed by atoms with E-state index >= 15 is 0 Å². The first-order valence-corrected chi connectivity index (χ1v) is 10.0. The molecule has 0 radical (unpaired) electrons. The maximum atomic E-state index is 12.3. The average molecular weight is 379 g/mol. The molecule has 1 atom stereocenters. The van der Waals surface area contributed by atoms with E-state index in [9.17, 15) is 4.79 Å². The Balaban J connectivity index is 1.57. The molecule has 2 aromatic heterocycles. The molecule has 1 aliphatic carbocycles. The Kier molecular flexibility index (Phi) is 5.20. The highest BCUT2D eigenvalue weighted by Crippen LogP contribution is 2.32. The van der Waals surface area contributed by atoms with Gasteiger partial charge in [0.2, 0.25) is 5.91 Å². The van der Waals surface area contributed by atoms with Crippen LogP contribution in [0.1, 0.15) is 19.8 Å². The van der Waals surface area contributed by atoms with Crippen LogP contribution >= 0.6 is 11.8 Å². The van der Waals surface area contributed by atoms with Crippen LogP contribution in [0.2, 0.25) is 0 Å². The van der Waals surface area contributed by atoms with Gasteiger partial charge in [-0.3, -0.25) is 14.3 Å². The number of nitrogens with one attached hydrogen (secondary N) is 1. The number of pyridine rings is 1. The largest absolute Gasteiger partial charge is 0.353 e. The van der Waals surface area contributed by atoms with Crippen LogP contribution in [0.3, 0.4) is 0 Å². The van der Waals surface area contributed by atoms with Crippen molar-refractivity contribution < 1.29 is 4.79 Å². The fourth-order valence-corrected chi connectivity index (χ4v) is 3.76. The number of hydrogen-bond donors (Lipinski definition) is 1. The van der Waals surface area contributed by atoms with E-state index in [0.717, 1.165) is 17.1 Å². The van der Waals surface area contributed by atoms with Crippen molar-refractivity contribution in [2.75, 3.05) is 5.75 Å². The summed E-state index contributed by atoms with van der Waals surface area (Å²) in [5.74, 6) is 1.73. The first-order valence-electron chi connectivity index (χ1n) is 9.06. The molecule has 7 heteroatoms. The van der Waals surface area contributed by atoms with Crippen LogP contribution in [-0.2, 0) is 4.79 Å². The van der Waals surface area contributed by atoms with Crippen LogP contribution in [0.5, 0.6) is 0 Å².